The van der Waals surface area contributed by atoms with Gasteiger partial charge in [0.1, 0.15) is 12.4 Å². The molecule has 7 heteroatoms. The molecule has 0 bridgehead atoms. The molecule has 0 spiro atoms. The first kappa shape index (κ1) is 18.2. The van der Waals surface area contributed by atoms with Gasteiger partial charge in [0, 0.05) is 19.6 Å². The van der Waals surface area contributed by atoms with Gasteiger partial charge in [-0.1, -0.05) is 6.42 Å². The fourth-order valence-electron chi connectivity index (χ4n) is 4.44. The van der Waals surface area contributed by atoms with Crippen molar-refractivity contribution in [3.63, 3.8) is 0 Å². The normalized spacial score (nSPS) is 21.3. The van der Waals surface area contributed by atoms with Crippen molar-refractivity contribution in [1.29, 1.82) is 5.26 Å². The van der Waals surface area contributed by atoms with E-state index in [1.807, 2.05) is 22.9 Å². The van der Waals surface area contributed by atoms with E-state index >= 15 is 0 Å². The Bertz CT molecular complexity index is 972. The van der Waals surface area contributed by atoms with Crippen LogP contribution in [-0.4, -0.2) is 46.3 Å². The van der Waals surface area contributed by atoms with Gasteiger partial charge in [-0.05, 0) is 55.0 Å². The Morgan fingerprint density at radius 3 is 3.00 bits per heavy atom. The van der Waals surface area contributed by atoms with Gasteiger partial charge in [-0.15, -0.1) is 0 Å². The molecular formula is C22H25N5O2. The van der Waals surface area contributed by atoms with Crippen molar-refractivity contribution in [1.82, 2.24) is 20.0 Å². The molecule has 1 aliphatic carbocycles. The highest BCUT2D eigenvalue weighted by Gasteiger charge is 2.27. The molecule has 1 aromatic carbocycles. The summed E-state index contributed by atoms with van der Waals surface area (Å²) >= 11 is 0. The standard InChI is InChI=1S/C22H25N5O2/c23-11-16-4-5-21-17(8-16)9-18(14-29-21)24-22(28)20-10-19-13-26(6-7-27(19)25-20)12-15-2-1-3-15/h4-5,8,10,15,18H,1-3,6-7,9,12-14H2,(H,24,28)/t18-/m1/s1. The number of nitriles is 1. The maximum Gasteiger partial charge on any atom is 0.272 e. The Hall–Kier alpha value is -2.85. The Morgan fingerprint density at radius 2 is 2.21 bits per heavy atom. The van der Waals surface area contributed by atoms with Crippen molar-refractivity contribution in [3.05, 3.63) is 46.8 Å². The van der Waals surface area contributed by atoms with Crippen LogP contribution >= 0.6 is 0 Å². The topological polar surface area (TPSA) is 83.2 Å². The molecule has 1 aromatic heterocycles. The minimum Gasteiger partial charge on any atom is -0.491 e. The number of nitrogens with zero attached hydrogens (tertiary/aromatic N) is 4. The van der Waals surface area contributed by atoms with Crippen LogP contribution < -0.4 is 10.1 Å². The van der Waals surface area contributed by atoms with Crippen molar-refractivity contribution < 1.29 is 9.53 Å². The molecule has 0 radical (unpaired) electrons. The Labute approximate surface area is 170 Å². The van der Waals surface area contributed by atoms with Crippen molar-refractivity contribution in [2.75, 3.05) is 19.7 Å². The summed E-state index contributed by atoms with van der Waals surface area (Å²) < 4.78 is 7.73. The molecule has 1 saturated carbocycles. The Balaban J connectivity index is 1.22. The second-order valence-electron chi connectivity index (χ2n) is 8.40. The molecule has 2 aromatic rings. The first-order chi connectivity index (χ1) is 14.2. The molecule has 1 atom stereocenters. The van der Waals surface area contributed by atoms with E-state index in [-0.39, 0.29) is 11.9 Å². The number of carbonyl (C=O) groups is 1. The highest BCUT2D eigenvalue weighted by Crippen LogP contribution is 2.28. The molecule has 1 N–H and O–H groups in total. The minimum atomic E-state index is -0.161. The zero-order valence-electron chi connectivity index (χ0n) is 16.4. The van der Waals surface area contributed by atoms with E-state index in [0.717, 1.165) is 49.1 Å². The quantitative estimate of drug-likeness (QED) is 0.863. The van der Waals surface area contributed by atoms with Crippen LogP contribution in [0.3, 0.4) is 0 Å². The van der Waals surface area contributed by atoms with Crippen LogP contribution in [-0.2, 0) is 19.5 Å². The average Bonchev–Trinajstić information content (AvgIpc) is 3.14. The van der Waals surface area contributed by atoms with Crippen LogP contribution in [0, 0.1) is 17.2 Å². The monoisotopic (exact) mass is 391 g/mol. The van der Waals surface area contributed by atoms with Crippen LogP contribution in [0.2, 0.25) is 0 Å². The molecule has 1 amide bonds. The maximum absolute atomic E-state index is 12.8. The first-order valence-electron chi connectivity index (χ1n) is 10.4. The third-order valence-corrected chi connectivity index (χ3v) is 6.28. The average molecular weight is 391 g/mol. The lowest BCUT2D eigenvalue weighted by Crippen LogP contribution is -2.43. The molecule has 3 aliphatic rings. The highest BCUT2D eigenvalue weighted by atomic mass is 16.5. The van der Waals surface area contributed by atoms with Crippen molar-refractivity contribution >= 4 is 5.91 Å². The lowest BCUT2D eigenvalue weighted by molar-refractivity contribution is 0.0909. The van der Waals surface area contributed by atoms with Crippen LogP contribution in [0.5, 0.6) is 5.75 Å². The molecular weight excluding hydrogens is 366 g/mol. The predicted octanol–water partition coefficient (Wildman–Crippen LogP) is 2.10. The van der Waals surface area contributed by atoms with Gasteiger partial charge >= 0.3 is 0 Å². The summed E-state index contributed by atoms with van der Waals surface area (Å²) in [5, 5.41) is 16.7. The Morgan fingerprint density at radius 1 is 1.31 bits per heavy atom. The number of hydrogen-bond acceptors (Lipinski definition) is 5. The van der Waals surface area contributed by atoms with Crippen molar-refractivity contribution in [3.8, 4) is 11.8 Å². The number of rotatable bonds is 4. The smallest absolute Gasteiger partial charge is 0.272 e. The molecule has 2 aliphatic heterocycles. The lowest BCUT2D eigenvalue weighted by atomic mass is 9.85. The largest absolute Gasteiger partial charge is 0.491 e. The summed E-state index contributed by atoms with van der Waals surface area (Å²) in [6, 6.07) is 9.36. The fraction of sp³-hybridized carbons (Fsp3) is 0.500. The van der Waals surface area contributed by atoms with E-state index in [1.54, 1.807) is 6.07 Å². The Kier molecular flexibility index (Phi) is 4.72. The van der Waals surface area contributed by atoms with Gasteiger partial charge in [-0.3, -0.25) is 14.4 Å². The van der Waals surface area contributed by atoms with Gasteiger partial charge in [0.15, 0.2) is 5.69 Å². The van der Waals surface area contributed by atoms with E-state index in [9.17, 15) is 4.79 Å². The van der Waals surface area contributed by atoms with Crippen molar-refractivity contribution in [2.45, 2.75) is 44.8 Å². The number of amides is 1. The molecule has 7 nitrogen and oxygen atoms in total. The van der Waals surface area contributed by atoms with Gasteiger partial charge in [-0.2, -0.15) is 10.4 Å². The molecule has 29 heavy (non-hydrogen) atoms. The summed E-state index contributed by atoms with van der Waals surface area (Å²) in [7, 11) is 0. The molecule has 150 valence electrons. The van der Waals surface area contributed by atoms with Crippen LogP contribution in [0.1, 0.15) is 46.6 Å². The van der Waals surface area contributed by atoms with E-state index in [2.05, 4.69) is 21.4 Å². The van der Waals surface area contributed by atoms with E-state index < -0.39 is 0 Å². The fourth-order valence-corrected chi connectivity index (χ4v) is 4.44. The van der Waals surface area contributed by atoms with Gasteiger partial charge in [-0.25, -0.2) is 0 Å². The minimum absolute atomic E-state index is 0.127. The highest BCUT2D eigenvalue weighted by molar-refractivity contribution is 5.92. The second kappa shape index (κ2) is 7.53. The third kappa shape index (κ3) is 3.73. The number of carbonyl (C=O) groups excluding carboxylic acids is 1. The summed E-state index contributed by atoms with van der Waals surface area (Å²) in [5.74, 6) is 1.48. The lowest BCUT2D eigenvalue weighted by Gasteiger charge is -2.34. The molecule has 0 unspecified atom stereocenters. The molecule has 5 rings (SSSR count). The van der Waals surface area contributed by atoms with Gasteiger partial charge in [0.05, 0.1) is 29.9 Å². The molecule has 3 heterocycles. The molecule has 0 saturated heterocycles. The number of hydrogen-bond donors (Lipinski definition) is 1. The van der Waals surface area contributed by atoms with Gasteiger partial charge in [0.2, 0.25) is 0 Å². The molecule has 1 fully saturated rings. The number of benzene rings is 1. The summed E-state index contributed by atoms with van der Waals surface area (Å²) in [6.07, 6.45) is 4.73. The SMILES string of the molecule is N#Cc1ccc2c(c1)C[C@@H](NC(=O)c1cc3n(n1)CCN(CC1CCC1)C3)CO2. The van der Waals surface area contributed by atoms with Gasteiger partial charge < -0.3 is 10.1 Å². The van der Waals surface area contributed by atoms with Crippen molar-refractivity contribution in [2.24, 2.45) is 5.92 Å². The summed E-state index contributed by atoms with van der Waals surface area (Å²) in [5.41, 5.74) is 3.15. The van der Waals surface area contributed by atoms with E-state index in [4.69, 9.17) is 10.00 Å². The number of ether oxygens (including phenoxy) is 1. The zero-order valence-corrected chi connectivity index (χ0v) is 16.4. The number of fused-ring (bicyclic) bond motifs is 2. The maximum atomic E-state index is 12.8. The third-order valence-electron chi connectivity index (χ3n) is 6.28. The van der Waals surface area contributed by atoms with Crippen LogP contribution in [0.25, 0.3) is 0 Å². The summed E-state index contributed by atoms with van der Waals surface area (Å²) in [4.78, 5) is 15.3. The van der Waals surface area contributed by atoms with Crippen LogP contribution in [0.15, 0.2) is 24.3 Å². The van der Waals surface area contributed by atoms with E-state index in [1.165, 1.54) is 19.3 Å². The zero-order chi connectivity index (χ0) is 19.8. The van der Waals surface area contributed by atoms with Gasteiger partial charge in [0.25, 0.3) is 5.91 Å². The number of nitrogens with one attached hydrogen (secondary N) is 1. The number of aromatic nitrogens is 2. The van der Waals surface area contributed by atoms with E-state index in [0.29, 0.717) is 24.3 Å². The predicted molar refractivity (Wildman–Crippen MR) is 106 cm³/mol. The summed E-state index contributed by atoms with van der Waals surface area (Å²) in [6.45, 7) is 4.30. The van der Waals surface area contributed by atoms with Crippen LogP contribution in [0.4, 0.5) is 0 Å². The second-order valence-corrected chi connectivity index (χ2v) is 8.40. The first-order valence-corrected chi connectivity index (χ1v) is 10.4.